The number of imidazole rings is 1. The Balaban J connectivity index is 1.66. The lowest BCUT2D eigenvalue weighted by molar-refractivity contribution is 0.0939. The molecule has 1 N–H and O–H groups in total. The first-order valence-electron chi connectivity index (χ1n) is 9.23. The van der Waals surface area contributed by atoms with Gasteiger partial charge in [-0.3, -0.25) is 9.36 Å². The quantitative estimate of drug-likeness (QED) is 0.544. The molecular formula is C23H21N3O3. The van der Waals surface area contributed by atoms with Gasteiger partial charge in [-0.05, 0) is 36.4 Å². The maximum absolute atomic E-state index is 13.0. The number of benzene rings is 3. The maximum atomic E-state index is 13.0. The second kappa shape index (κ2) is 8.06. The van der Waals surface area contributed by atoms with Gasteiger partial charge in [-0.1, -0.05) is 30.3 Å². The number of carbonyl (C=O) groups is 1. The van der Waals surface area contributed by atoms with Gasteiger partial charge in [0.15, 0.2) is 0 Å². The Morgan fingerprint density at radius 3 is 2.48 bits per heavy atom. The van der Waals surface area contributed by atoms with Gasteiger partial charge in [0, 0.05) is 23.9 Å². The van der Waals surface area contributed by atoms with Crippen molar-refractivity contribution in [1.29, 1.82) is 0 Å². The highest BCUT2D eigenvalue weighted by molar-refractivity contribution is 5.96. The summed E-state index contributed by atoms with van der Waals surface area (Å²) in [7, 11) is 3.19. The number of rotatable bonds is 6. The lowest BCUT2D eigenvalue weighted by atomic mass is 10.2. The first-order chi connectivity index (χ1) is 14.2. The Morgan fingerprint density at radius 2 is 1.72 bits per heavy atom. The summed E-state index contributed by atoms with van der Waals surface area (Å²) < 4.78 is 12.5. The topological polar surface area (TPSA) is 65.4 Å². The number of hydrogen-bond acceptors (Lipinski definition) is 4. The molecule has 0 unspecified atom stereocenters. The molecule has 0 bridgehead atoms. The van der Waals surface area contributed by atoms with Gasteiger partial charge in [-0.25, -0.2) is 4.98 Å². The molecule has 0 aliphatic heterocycles. The first kappa shape index (κ1) is 18.6. The summed E-state index contributed by atoms with van der Waals surface area (Å²) in [5.74, 6) is 1.43. The summed E-state index contributed by atoms with van der Waals surface area (Å²) in [6, 6.07) is 22.9. The van der Waals surface area contributed by atoms with Crippen LogP contribution in [0.3, 0.4) is 0 Å². The minimum Gasteiger partial charge on any atom is -0.497 e. The Labute approximate surface area is 168 Å². The third-order valence-electron chi connectivity index (χ3n) is 4.71. The monoisotopic (exact) mass is 387 g/mol. The number of nitrogens with one attached hydrogen (secondary N) is 1. The number of methoxy groups -OCH3 is 2. The molecule has 4 rings (SSSR count). The number of hydrogen-bond donors (Lipinski definition) is 1. The Morgan fingerprint density at radius 1 is 0.966 bits per heavy atom. The van der Waals surface area contributed by atoms with E-state index in [-0.39, 0.29) is 5.91 Å². The molecule has 3 aromatic carbocycles. The molecule has 1 aromatic heterocycles. The number of fused-ring (bicyclic) bond motifs is 1. The molecule has 4 aromatic rings. The third kappa shape index (κ3) is 3.65. The van der Waals surface area contributed by atoms with Crippen molar-refractivity contribution in [3.63, 3.8) is 0 Å². The van der Waals surface area contributed by atoms with Crippen LogP contribution in [-0.2, 0) is 6.54 Å². The Kier molecular flexibility index (Phi) is 5.16. The zero-order chi connectivity index (χ0) is 20.2. The first-order valence-corrected chi connectivity index (χ1v) is 9.23. The summed E-state index contributed by atoms with van der Waals surface area (Å²) in [6.45, 7) is 0.310. The fourth-order valence-electron chi connectivity index (χ4n) is 3.27. The van der Waals surface area contributed by atoms with E-state index < -0.39 is 0 Å². The van der Waals surface area contributed by atoms with Crippen LogP contribution in [0, 0.1) is 0 Å². The average molecular weight is 387 g/mol. The van der Waals surface area contributed by atoms with Crippen LogP contribution < -0.4 is 14.8 Å². The largest absolute Gasteiger partial charge is 0.497 e. The highest BCUT2D eigenvalue weighted by Crippen LogP contribution is 2.25. The standard InChI is InChI=1S/C23H21N3O3/c1-28-18-13-12-16(21(14-18)29-2)15-24-23(27)22-25-19-10-6-7-11-20(19)26(22)17-8-4-3-5-9-17/h3-14H,15H2,1-2H3,(H,24,27). The van der Waals surface area contributed by atoms with E-state index in [1.165, 1.54) is 0 Å². The van der Waals surface area contributed by atoms with Crippen molar-refractivity contribution >= 4 is 16.9 Å². The predicted molar refractivity (Wildman–Crippen MR) is 112 cm³/mol. The third-order valence-corrected chi connectivity index (χ3v) is 4.71. The van der Waals surface area contributed by atoms with Gasteiger partial charge in [0.1, 0.15) is 11.5 Å². The van der Waals surface area contributed by atoms with Gasteiger partial charge in [0.2, 0.25) is 5.82 Å². The summed E-state index contributed by atoms with van der Waals surface area (Å²) >= 11 is 0. The van der Waals surface area contributed by atoms with E-state index in [1.54, 1.807) is 20.3 Å². The van der Waals surface area contributed by atoms with Crippen LogP contribution in [0.4, 0.5) is 0 Å². The highest BCUT2D eigenvalue weighted by atomic mass is 16.5. The van der Waals surface area contributed by atoms with Gasteiger partial charge >= 0.3 is 0 Å². The van der Waals surface area contributed by atoms with E-state index >= 15 is 0 Å². The molecule has 1 heterocycles. The molecule has 0 saturated carbocycles. The maximum Gasteiger partial charge on any atom is 0.287 e. The SMILES string of the molecule is COc1ccc(CNC(=O)c2nc3ccccc3n2-c2ccccc2)c(OC)c1. The number of carbonyl (C=O) groups excluding carboxylic acids is 1. The zero-order valence-corrected chi connectivity index (χ0v) is 16.3. The predicted octanol–water partition coefficient (Wildman–Crippen LogP) is 3.97. The van der Waals surface area contributed by atoms with Crippen molar-refractivity contribution in [3.8, 4) is 17.2 Å². The van der Waals surface area contributed by atoms with Crippen LogP contribution in [0.1, 0.15) is 16.2 Å². The minimum atomic E-state index is -0.261. The van der Waals surface area contributed by atoms with Crippen LogP contribution in [0.25, 0.3) is 16.7 Å². The van der Waals surface area contributed by atoms with E-state index in [9.17, 15) is 4.79 Å². The molecule has 0 aliphatic carbocycles. The van der Waals surface area contributed by atoms with E-state index in [0.29, 0.717) is 23.9 Å². The second-order valence-corrected chi connectivity index (χ2v) is 6.46. The lowest BCUT2D eigenvalue weighted by Gasteiger charge is -2.12. The number of aromatic nitrogens is 2. The van der Waals surface area contributed by atoms with Crippen LogP contribution in [-0.4, -0.2) is 29.7 Å². The van der Waals surface area contributed by atoms with Crippen molar-refractivity contribution in [2.75, 3.05) is 14.2 Å². The Bertz CT molecular complexity index is 1150. The van der Waals surface area contributed by atoms with E-state index in [2.05, 4.69) is 10.3 Å². The molecule has 6 heteroatoms. The van der Waals surface area contributed by atoms with E-state index in [0.717, 1.165) is 22.3 Å². The van der Waals surface area contributed by atoms with Crippen LogP contribution in [0.15, 0.2) is 72.8 Å². The molecule has 0 atom stereocenters. The molecule has 0 spiro atoms. The second-order valence-electron chi connectivity index (χ2n) is 6.46. The molecule has 1 amide bonds. The minimum absolute atomic E-state index is 0.261. The highest BCUT2D eigenvalue weighted by Gasteiger charge is 2.19. The molecular weight excluding hydrogens is 366 g/mol. The number of amides is 1. The summed E-state index contributed by atoms with van der Waals surface area (Å²) in [6.07, 6.45) is 0. The molecule has 0 fully saturated rings. The number of para-hydroxylation sites is 3. The van der Waals surface area contributed by atoms with Crippen molar-refractivity contribution in [1.82, 2.24) is 14.9 Å². The normalized spacial score (nSPS) is 10.7. The lowest BCUT2D eigenvalue weighted by Crippen LogP contribution is -2.26. The average Bonchev–Trinajstić information content (AvgIpc) is 3.17. The van der Waals surface area contributed by atoms with Gasteiger partial charge in [-0.15, -0.1) is 0 Å². The van der Waals surface area contributed by atoms with Crippen molar-refractivity contribution < 1.29 is 14.3 Å². The molecule has 0 aliphatic rings. The summed E-state index contributed by atoms with van der Waals surface area (Å²) in [4.78, 5) is 17.6. The van der Waals surface area contributed by atoms with Crippen molar-refractivity contribution in [2.24, 2.45) is 0 Å². The van der Waals surface area contributed by atoms with Gasteiger partial charge in [0.25, 0.3) is 5.91 Å². The van der Waals surface area contributed by atoms with Gasteiger partial charge < -0.3 is 14.8 Å². The fraction of sp³-hybridized carbons (Fsp3) is 0.130. The van der Waals surface area contributed by atoms with Crippen molar-refractivity contribution in [2.45, 2.75) is 6.54 Å². The van der Waals surface area contributed by atoms with Crippen molar-refractivity contribution in [3.05, 3.63) is 84.2 Å². The number of ether oxygens (including phenoxy) is 2. The van der Waals surface area contributed by atoms with E-state index in [1.807, 2.05) is 71.3 Å². The molecule has 146 valence electrons. The van der Waals surface area contributed by atoms with Gasteiger partial charge in [-0.2, -0.15) is 0 Å². The summed E-state index contributed by atoms with van der Waals surface area (Å²) in [5, 5.41) is 2.96. The van der Waals surface area contributed by atoms with E-state index in [4.69, 9.17) is 9.47 Å². The van der Waals surface area contributed by atoms with Crippen LogP contribution >= 0.6 is 0 Å². The summed E-state index contributed by atoms with van der Waals surface area (Å²) in [5.41, 5.74) is 3.38. The molecule has 29 heavy (non-hydrogen) atoms. The fourth-order valence-corrected chi connectivity index (χ4v) is 3.27. The smallest absolute Gasteiger partial charge is 0.287 e. The van der Waals surface area contributed by atoms with Gasteiger partial charge in [0.05, 0.1) is 25.3 Å². The Hall–Kier alpha value is -3.80. The molecule has 0 radical (unpaired) electrons. The number of nitrogens with zero attached hydrogens (tertiary/aromatic N) is 2. The molecule has 6 nitrogen and oxygen atoms in total. The molecule has 0 saturated heterocycles. The van der Waals surface area contributed by atoms with Crippen LogP contribution in [0.2, 0.25) is 0 Å². The zero-order valence-electron chi connectivity index (χ0n) is 16.3. The van der Waals surface area contributed by atoms with Crippen LogP contribution in [0.5, 0.6) is 11.5 Å².